The number of aromatic nitrogens is 1. The Morgan fingerprint density at radius 2 is 2.13 bits per heavy atom. The van der Waals surface area contributed by atoms with Crippen LogP contribution in [0.3, 0.4) is 0 Å². The molecule has 0 spiro atoms. The van der Waals surface area contributed by atoms with Gasteiger partial charge in [-0.1, -0.05) is 5.16 Å². The number of nitrogens with zero attached hydrogens (tertiary/aromatic N) is 3. The van der Waals surface area contributed by atoms with Crippen molar-refractivity contribution in [3.63, 3.8) is 0 Å². The molecule has 2 N–H and O–H groups in total. The van der Waals surface area contributed by atoms with Gasteiger partial charge in [-0.25, -0.2) is 4.79 Å². The zero-order valence-corrected chi connectivity index (χ0v) is 13.0. The molecule has 8 nitrogen and oxygen atoms in total. The van der Waals surface area contributed by atoms with E-state index >= 15 is 0 Å². The molecule has 0 bridgehead atoms. The van der Waals surface area contributed by atoms with Crippen molar-refractivity contribution in [1.82, 2.24) is 10.5 Å². The average molecular weight is 318 g/mol. The third-order valence-electron chi connectivity index (χ3n) is 3.62. The quantitative estimate of drug-likeness (QED) is 0.712. The Morgan fingerprint density at radius 1 is 1.43 bits per heavy atom. The first-order chi connectivity index (χ1) is 10.8. The Labute approximate surface area is 133 Å². The van der Waals surface area contributed by atoms with Gasteiger partial charge in [0.15, 0.2) is 5.66 Å². The lowest BCUT2D eigenvalue weighted by Crippen LogP contribution is -2.41. The Bertz CT molecular complexity index is 678. The van der Waals surface area contributed by atoms with E-state index in [4.69, 9.17) is 16.1 Å². The maximum Gasteiger partial charge on any atom is 0.374 e. The second kappa shape index (κ2) is 6.20. The van der Waals surface area contributed by atoms with Crippen LogP contribution in [0.4, 0.5) is 0 Å². The van der Waals surface area contributed by atoms with E-state index in [-0.39, 0.29) is 18.1 Å². The molecule has 122 valence electrons. The van der Waals surface area contributed by atoms with Gasteiger partial charge >= 0.3 is 5.97 Å². The molecule has 0 atom stereocenters. The SMILES string of the molecule is C#CCCC1(CCC(=O)NC(C)(C)c2cc(C(=O)O)on2)N=N1. The third kappa shape index (κ3) is 4.16. The van der Waals surface area contributed by atoms with Crippen molar-refractivity contribution in [3.05, 3.63) is 17.5 Å². The summed E-state index contributed by atoms with van der Waals surface area (Å²) in [5.41, 5.74) is -1.01. The Morgan fingerprint density at radius 3 is 2.65 bits per heavy atom. The van der Waals surface area contributed by atoms with Crippen LogP contribution in [-0.2, 0) is 10.3 Å². The summed E-state index contributed by atoms with van der Waals surface area (Å²) in [4.78, 5) is 22.9. The van der Waals surface area contributed by atoms with Gasteiger partial charge in [-0.3, -0.25) is 4.79 Å². The van der Waals surface area contributed by atoms with Gasteiger partial charge in [0.1, 0.15) is 5.69 Å². The smallest absolute Gasteiger partial charge is 0.374 e. The van der Waals surface area contributed by atoms with Gasteiger partial charge in [-0.2, -0.15) is 10.2 Å². The van der Waals surface area contributed by atoms with Crippen LogP contribution in [0.25, 0.3) is 0 Å². The van der Waals surface area contributed by atoms with Crippen molar-refractivity contribution < 1.29 is 19.2 Å². The maximum absolute atomic E-state index is 12.1. The summed E-state index contributed by atoms with van der Waals surface area (Å²) in [7, 11) is 0. The lowest BCUT2D eigenvalue weighted by molar-refractivity contribution is -0.123. The molecule has 0 unspecified atom stereocenters. The fourth-order valence-corrected chi connectivity index (χ4v) is 2.13. The molecule has 8 heteroatoms. The second-order valence-electron chi connectivity index (χ2n) is 5.94. The van der Waals surface area contributed by atoms with Crippen LogP contribution in [0.2, 0.25) is 0 Å². The summed E-state index contributed by atoms with van der Waals surface area (Å²) in [5.74, 6) is 0.852. The topological polar surface area (TPSA) is 117 Å². The van der Waals surface area contributed by atoms with Crippen molar-refractivity contribution >= 4 is 11.9 Å². The van der Waals surface area contributed by atoms with E-state index in [2.05, 4.69) is 26.6 Å². The first kappa shape index (κ1) is 16.7. The van der Waals surface area contributed by atoms with Crippen LogP contribution in [-0.4, -0.2) is 27.8 Å². The zero-order valence-electron chi connectivity index (χ0n) is 13.0. The summed E-state index contributed by atoms with van der Waals surface area (Å²) in [6, 6.07) is 1.29. The molecular formula is C15H18N4O4. The van der Waals surface area contributed by atoms with Crippen LogP contribution in [0, 0.1) is 12.3 Å². The minimum absolute atomic E-state index is 0.202. The Kier molecular flexibility index (Phi) is 4.50. The Balaban J connectivity index is 1.88. The van der Waals surface area contributed by atoms with E-state index in [0.717, 1.165) is 0 Å². The summed E-state index contributed by atoms with van der Waals surface area (Å²) in [6.07, 6.45) is 7.17. The summed E-state index contributed by atoms with van der Waals surface area (Å²) in [6.45, 7) is 3.43. The third-order valence-corrected chi connectivity index (χ3v) is 3.62. The lowest BCUT2D eigenvalue weighted by Gasteiger charge is -2.23. The first-order valence-electron chi connectivity index (χ1n) is 7.17. The van der Waals surface area contributed by atoms with Crippen molar-refractivity contribution in [2.45, 2.75) is 50.7 Å². The van der Waals surface area contributed by atoms with Gasteiger partial charge in [0.25, 0.3) is 0 Å². The van der Waals surface area contributed by atoms with Crippen LogP contribution in [0.1, 0.15) is 55.8 Å². The van der Waals surface area contributed by atoms with E-state index in [1.807, 2.05) is 0 Å². The van der Waals surface area contributed by atoms with Crippen molar-refractivity contribution in [2.75, 3.05) is 0 Å². The minimum atomic E-state index is -1.21. The maximum atomic E-state index is 12.1. The normalized spacial score (nSPS) is 15.0. The number of carboxylic acid groups (broad SMARTS) is 1. The molecule has 2 heterocycles. The molecule has 1 aliphatic rings. The van der Waals surface area contributed by atoms with Gasteiger partial charge in [0, 0.05) is 31.7 Å². The number of carboxylic acids is 1. The molecule has 1 aliphatic heterocycles. The molecule has 0 aliphatic carbocycles. The van der Waals surface area contributed by atoms with Crippen LogP contribution < -0.4 is 5.32 Å². The van der Waals surface area contributed by atoms with Gasteiger partial charge in [-0.15, -0.1) is 12.3 Å². The van der Waals surface area contributed by atoms with Crippen molar-refractivity contribution in [2.24, 2.45) is 10.2 Å². The van der Waals surface area contributed by atoms with E-state index < -0.39 is 17.2 Å². The highest BCUT2D eigenvalue weighted by atomic mass is 16.5. The number of carbonyl (C=O) groups is 2. The molecule has 0 fully saturated rings. The van der Waals surface area contributed by atoms with E-state index in [1.54, 1.807) is 13.8 Å². The van der Waals surface area contributed by atoms with Crippen LogP contribution >= 0.6 is 0 Å². The molecule has 2 rings (SSSR count). The highest BCUT2D eigenvalue weighted by molar-refractivity contribution is 5.84. The number of aromatic carboxylic acids is 1. The number of rotatable bonds is 8. The van der Waals surface area contributed by atoms with Crippen molar-refractivity contribution in [1.29, 1.82) is 0 Å². The van der Waals surface area contributed by atoms with Crippen LogP contribution in [0.15, 0.2) is 20.8 Å². The molecule has 23 heavy (non-hydrogen) atoms. The summed E-state index contributed by atoms with van der Waals surface area (Å²) >= 11 is 0. The summed E-state index contributed by atoms with van der Waals surface area (Å²) < 4.78 is 4.71. The van der Waals surface area contributed by atoms with E-state index in [1.165, 1.54) is 6.07 Å². The highest BCUT2D eigenvalue weighted by Crippen LogP contribution is 2.37. The molecule has 0 saturated heterocycles. The molecule has 0 radical (unpaired) electrons. The first-order valence-corrected chi connectivity index (χ1v) is 7.17. The molecule has 1 aromatic heterocycles. The number of hydrogen-bond acceptors (Lipinski definition) is 6. The Hall–Kier alpha value is -2.69. The molecular weight excluding hydrogens is 300 g/mol. The van der Waals surface area contributed by atoms with Gasteiger partial charge in [0.2, 0.25) is 11.7 Å². The predicted molar refractivity (Wildman–Crippen MR) is 79.5 cm³/mol. The van der Waals surface area contributed by atoms with Gasteiger partial charge < -0.3 is 14.9 Å². The molecule has 0 aromatic carbocycles. The highest BCUT2D eigenvalue weighted by Gasteiger charge is 2.39. The van der Waals surface area contributed by atoms with E-state index in [0.29, 0.717) is 25.0 Å². The lowest BCUT2D eigenvalue weighted by atomic mass is 9.98. The average Bonchev–Trinajstić information content (AvgIpc) is 3.05. The second-order valence-corrected chi connectivity index (χ2v) is 5.94. The largest absolute Gasteiger partial charge is 0.475 e. The predicted octanol–water partition coefficient (Wildman–Crippen LogP) is 2.08. The number of terminal acetylenes is 1. The van der Waals surface area contributed by atoms with Crippen LogP contribution in [0.5, 0.6) is 0 Å². The van der Waals surface area contributed by atoms with Crippen molar-refractivity contribution in [3.8, 4) is 12.3 Å². The van der Waals surface area contributed by atoms with Gasteiger partial charge in [-0.05, 0) is 13.8 Å². The van der Waals surface area contributed by atoms with Gasteiger partial charge in [0.05, 0.1) is 5.54 Å². The fourth-order valence-electron chi connectivity index (χ4n) is 2.13. The van der Waals surface area contributed by atoms with E-state index in [9.17, 15) is 9.59 Å². The number of hydrogen-bond donors (Lipinski definition) is 2. The number of amides is 1. The number of nitrogens with one attached hydrogen (secondary N) is 1. The molecule has 1 aromatic rings. The fraction of sp³-hybridized carbons (Fsp3) is 0.533. The minimum Gasteiger partial charge on any atom is -0.475 e. The monoisotopic (exact) mass is 318 g/mol. The number of carbonyl (C=O) groups excluding carboxylic acids is 1. The molecule has 1 amide bonds. The zero-order chi connectivity index (χ0) is 17.1. The standard InChI is InChI=1S/C15H18N4O4/c1-4-5-7-15(18-19-15)8-6-12(20)16-14(2,3)11-9-10(13(21)22)23-17-11/h1,9H,5-8H2,2-3H3,(H,16,20)(H,21,22). The summed E-state index contributed by atoms with van der Waals surface area (Å²) in [5, 5.41) is 23.3. The molecule has 0 saturated carbocycles.